The summed E-state index contributed by atoms with van der Waals surface area (Å²) in [6, 6.07) is 0. The van der Waals surface area contributed by atoms with Gasteiger partial charge in [-0.05, 0) is 19.9 Å². The molecule has 0 N–H and O–H groups in total. The highest BCUT2D eigenvalue weighted by molar-refractivity contribution is 5.87. The zero-order valence-corrected chi connectivity index (χ0v) is 8.95. The maximum Gasteiger partial charge on any atom is 0.307 e. The highest BCUT2D eigenvalue weighted by atomic mass is 16.5. The molecule has 14 heavy (non-hydrogen) atoms. The third-order valence-corrected chi connectivity index (χ3v) is 1.64. The summed E-state index contributed by atoms with van der Waals surface area (Å²) in [5.74, 6) is -0.371. The average molecular weight is 199 g/mol. The summed E-state index contributed by atoms with van der Waals surface area (Å²) in [5, 5.41) is 0. The lowest BCUT2D eigenvalue weighted by atomic mass is 10.3. The van der Waals surface area contributed by atoms with E-state index in [1.807, 2.05) is 0 Å². The Morgan fingerprint density at radius 1 is 1.43 bits per heavy atom. The number of carbonyl (C=O) groups is 2. The maximum atomic E-state index is 11.2. The van der Waals surface area contributed by atoms with Crippen LogP contribution in [0.15, 0.2) is 12.2 Å². The SMILES string of the molecule is CC=CC(=O)N(C)CCC(=O)OCC. The third kappa shape index (κ3) is 5.35. The van der Waals surface area contributed by atoms with E-state index in [0.717, 1.165) is 0 Å². The molecular formula is C10H17NO3. The molecule has 0 rings (SSSR count). The molecular weight excluding hydrogens is 182 g/mol. The van der Waals surface area contributed by atoms with E-state index in [9.17, 15) is 9.59 Å². The van der Waals surface area contributed by atoms with Crippen molar-refractivity contribution in [2.75, 3.05) is 20.2 Å². The average Bonchev–Trinajstić information content (AvgIpc) is 2.15. The van der Waals surface area contributed by atoms with Crippen molar-refractivity contribution in [1.29, 1.82) is 0 Å². The highest BCUT2D eigenvalue weighted by Crippen LogP contribution is 1.93. The lowest BCUT2D eigenvalue weighted by molar-refractivity contribution is -0.143. The molecule has 0 aliphatic carbocycles. The van der Waals surface area contributed by atoms with Crippen molar-refractivity contribution < 1.29 is 14.3 Å². The predicted octanol–water partition coefficient (Wildman–Crippen LogP) is 0.974. The van der Waals surface area contributed by atoms with Gasteiger partial charge in [-0.1, -0.05) is 6.08 Å². The number of hydrogen-bond acceptors (Lipinski definition) is 3. The van der Waals surface area contributed by atoms with Crippen LogP contribution in [-0.4, -0.2) is 37.0 Å². The van der Waals surface area contributed by atoms with Crippen LogP contribution in [0.5, 0.6) is 0 Å². The number of hydrogen-bond donors (Lipinski definition) is 0. The summed E-state index contributed by atoms with van der Waals surface area (Å²) in [4.78, 5) is 23.6. The molecule has 4 heteroatoms. The van der Waals surface area contributed by atoms with E-state index >= 15 is 0 Å². The van der Waals surface area contributed by atoms with Gasteiger partial charge in [0.2, 0.25) is 5.91 Å². The predicted molar refractivity (Wildman–Crippen MR) is 53.7 cm³/mol. The Bertz CT molecular complexity index is 223. The monoisotopic (exact) mass is 199 g/mol. The van der Waals surface area contributed by atoms with Crippen molar-refractivity contribution in [3.63, 3.8) is 0 Å². The van der Waals surface area contributed by atoms with Gasteiger partial charge in [-0.3, -0.25) is 9.59 Å². The van der Waals surface area contributed by atoms with E-state index in [1.54, 1.807) is 27.0 Å². The van der Waals surface area contributed by atoms with Crippen molar-refractivity contribution >= 4 is 11.9 Å². The van der Waals surface area contributed by atoms with Crippen LogP contribution < -0.4 is 0 Å². The summed E-state index contributed by atoms with van der Waals surface area (Å²) in [7, 11) is 1.65. The minimum Gasteiger partial charge on any atom is -0.466 e. The maximum absolute atomic E-state index is 11.2. The Morgan fingerprint density at radius 3 is 2.57 bits per heavy atom. The molecule has 80 valence electrons. The van der Waals surface area contributed by atoms with E-state index in [1.165, 1.54) is 11.0 Å². The molecule has 0 aliphatic rings. The minimum absolute atomic E-state index is 0.100. The van der Waals surface area contributed by atoms with Crippen molar-refractivity contribution in [3.8, 4) is 0 Å². The van der Waals surface area contributed by atoms with Gasteiger partial charge in [0.1, 0.15) is 0 Å². The largest absolute Gasteiger partial charge is 0.466 e. The normalized spacial score (nSPS) is 10.2. The van der Waals surface area contributed by atoms with Crippen LogP contribution in [0.25, 0.3) is 0 Å². The Morgan fingerprint density at radius 2 is 2.07 bits per heavy atom. The first-order valence-electron chi connectivity index (χ1n) is 4.65. The van der Waals surface area contributed by atoms with Gasteiger partial charge in [0.05, 0.1) is 13.0 Å². The number of rotatable bonds is 5. The van der Waals surface area contributed by atoms with Crippen molar-refractivity contribution in [2.45, 2.75) is 20.3 Å². The summed E-state index contributed by atoms with van der Waals surface area (Å²) < 4.78 is 4.74. The van der Waals surface area contributed by atoms with Crippen LogP contribution >= 0.6 is 0 Å². The van der Waals surface area contributed by atoms with E-state index in [-0.39, 0.29) is 18.3 Å². The first-order valence-corrected chi connectivity index (χ1v) is 4.65. The Kier molecular flexibility index (Phi) is 6.45. The molecule has 0 aromatic carbocycles. The fourth-order valence-electron chi connectivity index (χ4n) is 0.872. The molecule has 0 atom stereocenters. The number of amides is 1. The highest BCUT2D eigenvalue weighted by Gasteiger charge is 2.07. The van der Waals surface area contributed by atoms with Crippen LogP contribution in [0.1, 0.15) is 20.3 Å². The van der Waals surface area contributed by atoms with Gasteiger partial charge in [0.15, 0.2) is 0 Å². The first-order chi connectivity index (χ1) is 6.61. The van der Waals surface area contributed by atoms with Crippen LogP contribution in [0.4, 0.5) is 0 Å². The number of carbonyl (C=O) groups excluding carboxylic acids is 2. The topological polar surface area (TPSA) is 46.6 Å². The van der Waals surface area contributed by atoms with E-state index in [2.05, 4.69) is 0 Å². The van der Waals surface area contributed by atoms with Crippen LogP contribution in [0.2, 0.25) is 0 Å². The number of esters is 1. The first kappa shape index (κ1) is 12.7. The van der Waals surface area contributed by atoms with Gasteiger partial charge in [-0.25, -0.2) is 0 Å². The quantitative estimate of drug-likeness (QED) is 0.489. The second-order valence-corrected chi connectivity index (χ2v) is 2.81. The molecule has 0 bridgehead atoms. The van der Waals surface area contributed by atoms with Gasteiger partial charge in [-0.15, -0.1) is 0 Å². The molecule has 0 saturated carbocycles. The summed E-state index contributed by atoms with van der Waals surface area (Å²) in [5.41, 5.74) is 0. The molecule has 4 nitrogen and oxygen atoms in total. The second kappa shape index (κ2) is 7.12. The molecule has 0 saturated heterocycles. The number of likely N-dealkylation sites (N-methyl/N-ethyl adjacent to an activating group) is 1. The van der Waals surface area contributed by atoms with Gasteiger partial charge in [0.25, 0.3) is 0 Å². The molecule has 0 unspecified atom stereocenters. The van der Waals surface area contributed by atoms with Gasteiger partial charge < -0.3 is 9.64 Å². The van der Waals surface area contributed by atoms with Gasteiger partial charge >= 0.3 is 5.97 Å². The third-order valence-electron chi connectivity index (χ3n) is 1.64. The van der Waals surface area contributed by atoms with Crippen LogP contribution in [0.3, 0.4) is 0 Å². The molecule has 0 heterocycles. The van der Waals surface area contributed by atoms with Gasteiger partial charge in [0, 0.05) is 13.6 Å². The van der Waals surface area contributed by atoms with Gasteiger partial charge in [-0.2, -0.15) is 0 Å². The Balaban J connectivity index is 3.78. The lowest BCUT2D eigenvalue weighted by Gasteiger charge is -2.13. The zero-order valence-electron chi connectivity index (χ0n) is 8.95. The van der Waals surface area contributed by atoms with Crippen LogP contribution in [-0.2, 0) is 14.3 Å². The van der Waals surface area contributed by atoms with E-state index in [0.29, 0.717) is 13.2 Å². The lowest BCUT2D eigenvalue weighted by Crippen LogP contribution is -2.27. The molecule has 1 amide bonds. The van der Waals surface area contributed by atoms with Crippen molar-refractivity contribution in [3.05, 3.63) is 12.2 Å². The molecule has 0 fully saturated rings. The molecule has 0 spiro atoms. The fourth-order valence-corrected chi connectivity index (χ4v) is 0.872. The number of allylic oxidation sites excluding steroid dienone is 1. The van der Waals surface area contributed by atoms with Crippen LogP contribution in [0, 0.1) is 0 Å². The van der Waals surface area contributed by atoms with E-state index < -0.39 is 0 Å². The molecule has 0 aromatic rings. The summed E-state index contributed by atoms with van der Waals surface area (Å²) >= 11 is 0. The van der Waals surface area contributed by atoms with E-state index in [4.69, 9.17) is 4.74 Å². The summed E-state index contributed by atoms with van der Waals surface area (Å²) in [6.07, 6.45) is 3.38. The Hall–Kier alpha value is -1.32. The second-order valence-electron chi connectivity index (χ2n) is 2.81. The molecule has 0 aromatic heterocycles. The Labute approximate surface area is 84.5 Å². The fraction of sp³-hybridized carbons (Fsp3) is 0.600. The molecule has 0 aliphatic heterocycles. The number of ether oxygens (including phenoxy) is 1. The minimum atomic E-state index is -0.271. The smallest absolute Gasteiger partial charge is 0.307 e. The van der Waals surface area contributed by atoms with Crippen molar-refractivity contribution in [2.24, 2.45) is 0 Å². The summed E-state index contributed by atoms with van der Waals surface area (Å²) in [6.45, 7) is 4.30. The molecule has 0 radical (unpaired) electrons. The van der Waals surface area contributed by atoms with Crippen molar-refractivity contribution in [1.82, 2.24) is 4.90 Å². The zero-order chi connectivity index (χ0) is 11.0. The standard InChI is InChI=1S/C10H17NO3/c1-4-6-9(12)11(3)8-7-10(13)14-5-2/h4,6H,5,7-8H2,1-3H3. The number of nitrogens with zero attached hydrogens (tertiary/aromatic N) is 1.